The topological polar surface area (TPSA) is 63.6 Å². The first-order chi connectivity index (χ1) is 20.6. The van der Waals surface area contributed by atoms with Gasteiger partial charge in [-0.3, -0.25) is 9.59 Å². The molecule has 0 aliphatic heterocycles. The molecule has 0 aliphatic rings. The van der Waals surface area contributed by atoms with Crippen molar-refractivity contribution in [2.24, 2.45) is 0 Å². The molecule has 0 heterocycles. The van der Waals surface area contributed by atoms with E-state index in [0.717, 1.165) is 83.5 Å². The van der Waals surface area contributed by atoms with Crippen LogP contribution in [0.15, 0.2) is 72.9 Å². The number of ether oxygens (including phenoxy) is 1. The molecule has 0 aromatic rings. The van der Waals surface area contributed by atoms with Gasteiger partial charge in [0, 0.05) is 12.8 Å². The van der Waals surface area contributed by atoms with Crippen LogP contribution in [0, 0.1) is 0 Å². The molecule has 1 unspecified atom stereocenters. The highest BCUT2D eigenvalue weighted by Crippen LogP contribution is 2.15. The van der Waals surface area contributed by atoms with E-state index in [1.807, 2.05) is 0 Å². The highest BCUT2D eigenvalue weighted by atomic mass is 16.5. The van der Waals surface area contributed by atoms with E-state index in [1.165, 1.54) is 38.5 Å². The van der Waals surface area contributed by atoms with Crippen LogP contribution in [0.5, 0.6) is 0 Å². The zero-order valence-electron chi connectivity index (χ0n) is 27.0. The van der Waals surface area contributed by atoms with Gasteiger partial charge in [0.15, 0.2) is 0 Å². The summed E-state index contributed by atoms with van der Waals surface area (Å²) in [6, 6.07) is 0. The zero-order valence-corrected chi connectivity index (χ0v) is 27.0. The zero-order chi connectivity index (χ0) is 30.8. The van der Waals surface area contributed by atoms with Crippen LogP contribution in [0.2, 0.25) is 0 Å². The van der Waals surface area contributed by atoms with E-state index in [0.29, 0.717) is 12.8 Å². The van der Waals surface area contributed by atoms with Crippen molar-refractivity contribution < 1.29 is 19.4 Å². The van der Waals surface area contributed by atoms with Gasteiger partial charge >= 0.3 is 11.9 Å². The smallest absolute Gasteiger partial charge is 0.306 e. The number of hydrogen-bond acceptors (Lipinski definition) is 3. The minimum atomic E-state index is -0.684. The van der Waals surface area contributed by atoms with Crippen LogP contribution in [-0.4, -0.2) is 23.1 Å². The first-order valence-corrected chi connectivity index (χ1v) is 16.9. The molecule has 0 saturated heterocycles. The van der Waals surface area contributed by atoms with E-state index in [1.54, 1.807) is 0 Å². The van der Waals surface area contributed by atoms with E-state index in [4.69, 9.17) is 9.84 Å². The van der Waals surface area contributed by atoms with Crippen LogP contribution in [0.4, 0.5) is 0 Å². The molecule has 0 fully saturated rings. The number of carbonyl (C=O) groups is 2. The average Bonchev–Trinajstić information content (AvgIpc) is 2.98. The second-order valence-corrected chi connectivity index (χ2v) is 10.9. The molecule has 0 aromatic carbocycles. The summed E-state index contributed by atoms with van der Waals surface area (Å²) >= 11 is 0. The highest BCUT2D eigenvalue weighted by molar-refractivity contribution is 5.69. The summed E-state index contributed by atoms with van der Waals surface area (Å²) in [4.78, 5) is 22.7. The molecule has 0 amide bonds. The number of rotatable bonds is 29. The largest absolute Gasteiger partial charge is 0.481 e. The summed E-state index contributed by atoms with van der Waals surface area (Å²) in [6.07, 6.45) is 47.1. The van der Waals surface area contributed by atoms with Crippen molar-refractivity contribution in [1.82, 2.24) is 0 Å². The van der Waals surface area contributed by atoms with Crippen molar-refractivity contribution in [2.75, 3.05) is 0 Å². The minimum Gasteiger partial charge on any atom is -0.481 e. The predicted molar refractivity (Wildman–Crippen MR) is 181 cm³/mol. The lowest BCUT2D eigenvalue weighted by Gasteiger charge is -2.16. The fraction of sp³-hybridized carbons (Fsp3) is 0.632. The number of carbonyl (C=O) groups excluding carboxylic acids is 1. The molecule has 0 rings (SSSR count). The van der Waals surface area contributed by atoms with Crippen LogP contribution >= 0.6 is 0 Å². The van der Waals surface area contributed by atoms with Crippen molar-refractivity contribution in [2.45, 2.75) is 155 Å². The van der Waals surface area contributed by atoms with Gasteiger partial charge in [-0.25, -0.2) is 0 Å². The SMILES string of the molecule is CC/C=C\C/C=C\C/C=C\C/C=C\C/C=C\C/C=C\CCC(=O)OC(CC)CCCCCCCCCCCCC(=O)O. The molecule has 0 radical (unpaired) electrons. The third-order valence-electron chi connectivity index (χ3n) is 7.03. The fourth-order valence-electron chi connectivity index (χ4n) is 4.49. The van der Waals surface area contributed by atoms with Crippen LogP contribution in [0.3, 0.4) is 0 Å². The molecule has 1 N–H and O–H groups in total. The normalized spacial score (nSPS) is 13.2. The number of allylic oxidation sites excluding steroid dienone is 12. The van der Waals surface area contributed by atoms with Gasteiger partial charge in [-0.05, 0) is 70.6 Å². The third-order valence-corrected chi connectivity index (χ3v) is 7.03. The molecular formula is C38H62O4. The van der Waals surface area contributed by atoms with E-state index >= 15 is 0 Å². The molecule has 0 saturated carbocycles. The number of carboxylic acids is 1. The second-order valence-electron chi connectivity index (χ2n) is 10.9. The Kier molecular flexibility index (Phi) is 30.8. The average molecular weight is 583 g/mol. The first-order valence-electron chi connectivity index (χ1n) is 16.9. The van der Waals surface area contributed by atoms with Crippen molar-refractivity contribution in [1.29, 1.82) is 0 Å². The van der Waals surface area contributed by atoms with Crippen molar-refractivity contribution >= 4 is 11.9 Å². The summed E-state index contributed by atoms with van der Waals surface area (Å²) in [7, 11) is 0. The lowest BCUT2D eigenvalue weighted by Crippen LogP contribution is -2.17. The monoisotopic (exact) mass is 582 g/mol. The maximum Gasteiger partial charge on any atom is 0.306 e. The Morgan fingerprint density at radius 2 is 0.952 bits per heavy atom. The van der Waals surface area contributed by atoms with E-state index in [9.17, 15) is 9.59 Å². The Hall–Kier alpha value is -2.62. The molecular weight excluding hydrogens is 520 g/mol. The molecule has 4 heteroatoms. The molecule has 1 atom stereocenters. The van der Waals surface area contributed by atoms with Gasteiger partial charge < -0.3 is 9.84 Å². The van der Waals surface area contributed by atoms with Crippen LogP contribution in [0.1, 0.15) is 149 Å². The Morgan fingerprint density at radius 3 is 1.38 bits per heavy atom. The third kappa shape index (κ3) is 31.9. The number of esters is 1. The lowest BCUT2D eigenvalue weighted by atomic mass is 10.0. The summed E-state index contributed by atoms with van der Waals surface area (Å²) < 4.78 is 5.70. The van der Waals surface area contributed by atoms with Crippen molar-refractivity contribution in [3.8, 4) is 0 Å². The van der Waals surface area contributed by atoms with Gasteiger partial charge in [-0.1, -0.05) is 138 Å². The molecule has 0 spiro atoms. The molecule has 42 heavy (non-hydrogen) atoms. The van der Waals surface area contributed by atoms with Gasteiger partial charge in [0.05, 0.1) is 0 Å². The molecule has 0 aromatic heterocycles. The Balaban J connectivity index is 3.67. The van der Waals surface area contributed by atoms with Gasteiger partial charge in [-0.2, -0.15) is 0 Å². The maximum atomic E-state index is 12.2. The fourth-order valence-corrected chi connectivity index (χ4v) is 4.49. The molecule has 238 valence electrons. The van der Waals surface area contributed by atoms with Gasteiger partial charge in [0.2, 0.25) is 0 Å². The lowest BCUT2D eigenvalue weighted by molar-refractivity contribution is -0.149. The summed E-state index contributed by atoms with van der Waals surface area (Å²) in [6.45, 7) is 4.25. The van der Waals surface area contributed by atoms with E-state index in [-0.39, 0.29) is 12.1 Å². The summed E-state index contributed by atoms with van der Waals surface area (Å²) in [5, 5.41) is 8.64. The van der Waals surface area contributed by atoms with E-state index in [2.05, 4.69) is 86.8 Å². The number of carboxylic acid groups (broad SMARTS) is 1. The van der Waals surface area contributed by atoms with Gasteiger partial charge in [0.25, 0.3) is 0 Å². The first kappa shape index (κ1) is 39.4. The Labute approximate surface area is 258 Å². The summed E-state index contributed by atoms with van der Waals surface area (Å²) in [5.41, 5.74) is 0. The van der Waals surface area contributed by atoms with Crippen LogP contribution in [-0.2, 0) is 14.3 Å². The predicted octanol–water partition coefficient (Wildman–Crippen LogP) is 11.6. The van der Waals surface area contributed by atoms with Crippen LogP contribution < -0.4 is 0 Å². The summed E-state index contributed by atoms with van der Waals surface area (Å²) in [5.74, 6) is -0.763. The van der Waals surface area contributed by atoms with Crippen LogP contribution in [0.25, 0.3) is 0 Å². The minimum absolute atomic E-state index is 0.0496. The number of aliphatic carboxylic acids is 1. The van der Waals surface area contributed by atoms with Crippen molar-refractivity contribution in [3.63, 3.8) is 0 Å². The second kappa shape index (κ2) is 32.9. The molecule has 0 aliphatic carbocycles. The number of unbranched alkanes of at least 4 members (excludes halogenated alkanes) is 9. The Morgan fingerprint density at radius 1 is 0.548 bits per heavy atom. The number of hydrogen-bond donors (Lipinski definition) is 1. The van der Waals surface area contributed by atoms with Gasteiger partial charge in [-0.15, -0.1) is 0 Å². The van der Waals surface area contributed by atoms with E-state index < -0.39 is 5.97 Å². The highest BCUT2D eigenvalue weighted by Gasteiger charge is 2.11. The van der Waals surface area contributed by atoms with Gasteiger partial charge in [0.1, 0.15) is 6.10 Å². The van der Waals surface area contributed by atoms with Crippen molar-refractivity contribution in [3.05, 3.63) is 72.9 Å². The Bertz CT molecular complexity index is 800. The molecule has 0 bridgehead atoms. The maximum absolute atomic E-state index is 12.2. The standard InChI is InChI=1S/C38H62O4/c1-3-5-6-7-8-9-10-11-12-13-14-15-16-17-18-23-26-29-32-35-38(41)42-36(4-2)33-30-27-24-21-19-20-22-25-28-31-34-37(39)40/h5-6,8-9,11-12,14-15,17-18,26,29,36H,3-4,7,10,13,16,19-25,27-28,30-35H2,1-2H3,(H,39,40)/b6-5-,9-8-,12-11-,15-14-,18-17-,29-26-. The quantitative estimate of drug-likeness (QED) is 0.0541. The molecule has 4 nitrogen and oxygen atoms in total.